The van der Waals surface area contributed by atoms with Crippen LogP contribution < -0.4 is 0 Å². The van der Waals surface area contributed by atoms with Crippen LogP contribution in [0.3, 0.4) is 0 Å². The molecule has 0 aromatic carbocycles. The van der Waals surface area contributed by atoms with E-state index < -0.39 is 0 Å². The van der Waals surface area contributed by atoms with Gasteiger partial charge >= 0.3 is 0 Å². The van der Waals surface area contributed by atoms with Crippen molar-refractivity contribution in [2.75, 3.05) is 0 Å². The number of hydrogen-bond donors (Lipinski definition) is 0. The molecule has 0 saturated heterocycles. The molecule has 1 heteroatoms. The van der Waals surface area contributed by atoms with Crippen molar-refractivity contribution in [2.24, 2.45) is 34.0 Å². The molecule has 3 saturated carbocycles. The molecule has 0 unspecified atom stereocenters. The van der Waals surface area contributed by atoms with Gasteiger partial charge in [0.1, 0.15) is 5.78 Å². The van der Waals surface area contributed by atoms with Gasteiger partial charge in [-0.25, -0.2) is 0 Å². The second-order valence-corrected chi connectivity index (χ2v) is 9.57. The van der Waals surface area contributed by atoms with Crippen LogP contribution in [-0.2, 0) is 4.79 Å². The molecule has 0 amide bonds. The smallest absolute Gasteiger partial charge is 0.134 e. The first-order valence-corrected chi connectivity index (χ1v) is 8.97. The second-order valence-electron chi connectivity index (χ2n) is 9.57. The van der Waals surface area contributed by atoms with Crippen molar-refractivity contribution < 1.29 is 4.79 Å². The zero-order chi connectivity index (χ0) is 15.0. The molecule has 21 heavy (non-hydrogen) atoms. The molecule has 1 nitrogen and oxygen atoms in total. The summed E-state index contributed by atoms with van der Waals surface area (Å²) in [5, 5.41) is 0. The molecule has 116 valence electrons. The molecule has 0 aliphatic heterocycles. The highest BCUT2D eigenvalue weighted by Gasteiger charge is 2.66. The Hall–Kier alpha value is -0.590. The first kappa shape index (κ1) is 14.0. The highest BCUT2D eigenvalue weighted by atomic mass is 16.1. The van der Waals surface area contributed by atoms with Gasteiger partial charge in [0.05, 0.1) is 0 Å². The number of fused-ring (bicyclic) bond motifs is 2. The van der Waals surface area contributed by atoms with E-state index in [-0.39, 0.29) is 10.8 Å². The van der Waals surface area contributed by atoms with Gasteiger partial charge in [0.15, 0.2) is 0 Å². The Balaban J connectivity index is 1.83. The molecule has 4 rings (SSSR count). The number of hydrogen-bond acceptors (Lipinski definition) is 1. The molecule has 1 spiro atoms. The summed E-state index contributed by atoms with van der Waals surface area (Å²) in [4.78, 5) is 12.5. The molecule has 3 fully saturated rings. The second kappa shape index (κ2) is 4.03. The molecule has 4 aliphatic rings. The maximum Gasteiger partial charge on any atom is 0.134 e. The van der Waals surface area contributed by atoms with Crippen molar-refractivity contribution in [3.63, 3.8) is 0 Å². The monoisotopic (exact) mass is 286 g/mol. The van der Waals surface area contributed by atoms with Crippen LogP contribution in [0.25, 0.3) is 0 Å². The molecule has 4 aliphatic carbocycles. The van der Waals surface area contributed by atoms with E-state index in [4.69, 9.17) is 0 Å². The number of carbonyl (C=O) groups is 1. The summed E-state index contributed by atoms with van der Waals surface area (Å²) in [6.07, 6.45) is 11.0. The van der Waals surface area contributed by atoms with Crippen LogP contribution in [0.4, 0.5) is 0 Å². The van der Waals surface area contributed by atoms with Gasteiger partial charge in [0.2, 0.25) is 0 Å². The summed E-state index contributed by atoms with van der Waals surface area (Å²) < 4.78 is 0. The van der Waals surface area contributed by atoms with E-state index >= 15 is 0 Å². The number of carbonyl (C=O) groups excluding carboxylic acids is 1. The summed E-state index contributed by atoms with van der Waals surface area (Å²) in [6, 6.07) is 0. The lowest BCUT2D eigenvalue weighted by molar-refractivity contribution is -0.165. The summed E-state index contributed by atoms with van der Waals surface area (Å²) >= 11 is 0. The van der Waals surface area contributed by atoms with E-state index in [1.807, 2.05) is 0 Å². The molecule has 5 atom stereocenters. The molecular weight excluding hydrogens is 256 g/mol. The minimum atomic E-state index is 0.206. The lowest BCUT2D eigenvalue weighted by Crippen LogP contribution is -2.58. The molecule has 0 radical (unpaired) electrons. The molecule has 2 bridgehead atoms. The van der Waals surface area contributed by atoms with E-state index in [0.29, 0.717) is 11.2 Å². The predicted octanol–water partition coefficient (Wildman–Crippen LogP) is 5.15. The number of allylic oxidation sites excluding steroid dienone is 2. The third-order valence-corrected chi connectivity index (χ3v) is 8.26. The Morgan fingerprint density at radius 2 is 1.90 bits per heavy atom. The maximum absolute atomic E-state index is 12.5. The third-order valence-electron chi connectivity index (χ3n) is 8.26. The van der Waals surface area contributed by atoms with Gasteiger partial charge in [-0.15, -0.1) is 0 Å². The molecular formula is C20H30O. The standard InChI is InChI=1S/C20H30O/c1-13-7-8-20-10-14(13)9-15(20)5-6-17-18(2,3)11-16(21)12-19(17,20)4/h7,14-15,17H,5-6,8-12H2,1-4H3/t14-,15-,17-,19-,20+/m0/s1. The van der Waals surface area contributed by atoms with Gasteiger partial charge in [0, 0.05) is 12.8 Å². The van der Waals surface area contributed by atoms with Crippen molar-refractivity contribution in [1.82, 2.24) is 0 Å². The van der Waals surface area contributed by atoms with E-state index in [1.54, 1.807) is 5.57 Å². The Labute approximate surface area is 129 Å². The van der Waals surface area contributed by atoms with Crippen LogP contribution in [-0.4, -0.2) is 5.78 Å². The number of ketones is 1. The lowest BCUT2D eigenvalue weighted by atomic mass is 9.40. The average molecular weight is 286 g/mol. The molecule has 0 aromatic heterocycles. The van der Waals surface area contributed by atoms with Gasteiger partial charge in [-0.1, -0.05) is 32.4 Å². The number of Topliss-reactive ketones (excluding diaryl/α,β-unsaturated/α-hetero) is 1. The van der Waals surface area contributed by atoms with Crippen molar-refractivity contribution >= 4 is 5.78 Å². The Kier molecular flexibility index (Phi) is 2.69. The zero-order valence-corrected chi connectivity index (χ0v) is 14.2. The van der Waals surface area contributed by atoms with Crippen LogP contribution in [0.1, 0.15) is 72.6 Å². The van der Waals surface area contributed by atoms with E-state index in [0.717, 1.165) is 30.6 Å². The third kappa shape index (κ3) is 1.61. The average Bonchev–Trinajstić information content (AvgIpc) is 2.69. The van der Waals surface area contributed by atoms with Crippen molar-refractivity contribution in [2.45, 2.75) is 72.6 Å². The highest BCUT2D eigenvalue weighted by molar-refractivity contribution is 5.81. The fourth-order valence-electron chi connectivity index (χ4n) is 7.38. The highest BCUT2D eigenvalue weighted by Crippen LogP contribution is 2.73. The summed E-state index contributed by atoms with van der Waals surface area (Å²) in [5.74, 6) is 2.96. The lowest BCUT2D eigenvalue weighted by Gasteiger charge is -2.64. The predicted molar refractivity (Wildman–Crippen MR) is 85.9 cm³/mol. The summed E-state index contributed by atoms with van der Waals surface area (Å²) in [7, 11) is 0. The van der Waals surface area contributed by atoms with Crippen LogP contribution in [0.5, 0.6) is 0 Å². The van der Waals surface area contributed by atoms with Crippen molar-refractivity contribution in [3.05, 3.63) is 11.6 Å². The van der Waals surface area contributed by atoms with Gasteiger partial charge in [0.25, 0.3) is 0 Å². The normalized spacial score (nSPS) is 51.1. The maximum atomic E-state index is 12.5. The zero-order valence-electron chi connectivity index (χ0n) is 14.2. The van der Waals surface area contributed by atoms with Crippen molar-refractivity contribution in [1.29, 1.82) is 0 Å². The Bertz CT molecular complexity index is 528. The Morgan fingerprint density at radius 3 is 2.67 bits per heavy atom. The quantitative estimate of drug-likeness (QED) is 0.562. The van der Waals surface area contributed by atoms with E-state index in [9.17, 15) is 4.79 Å². The van der Waals surface area contributed by atoms with Crippen molar-refractivity contribution in [3.8, 4) is 0 Å². The van der Waals surface area contributed by atoms with E-state index in [2.05, 4.69) is 33.8 Å². The largest absolute Gasteiger partial charge is 0.300 e. The fraction of sp³-hybridized carbons (Fsp3) is 0.850. The van der Waals surface area contributed by atoms with Crippen LogP contribution in [0.2, 0.25) is 0 Å². The van der Waals surface area contributed by atoms with Crippen LogP contribution in [0.15, 0.2) is 11.6 Å². The fourth-order valence-corrected chi connectivity index (χ4v) is 7.38. The first-order chi connectivity index (χ1) is 9.78. The Morgan fingerprint density at radius 1 is 1.14 bits per heavy atom. The number of rotatable bonds is 0. The minimum absolute atomic E-state index is 0.206. The first-order valence-electron chi connectivity index (χ1n) is 8.97. The van der Waals surface area contributed by atoms with Crippen LogP contribution >= 0.6 is 0 Å². The van der Waals surface area contributed by atoms with Gasteiger partial charge < -0.3 is 0 Å². The van der Waals surface area contributed by atoms with Crippen LogP contribution in [0, 0.1) is 34.0 Å². The van der Waals surface area contributed by atoms with E-state index in [1.165, 1.54) is 32.1 Å². The molecule has 0 heterocycles. The SMILES string of the molecule is CC1=CC[C@@]23C[C@@H]1C[C@@H]2CC[C@H]1C(C)(C)CC(=O)C[C@@]13C. The molecule has 0 N–H and O–H groups in total. The molecule has 0 aromatic rings. The topological polar surface area (TPSA) is 17.1 Å². The summed E-state index contributed by atoms with van der Waals surface area (Å²) in [6.45, 7) is 9.56. The van der Waals surface area contributed by atoms with Gasteiger partial charge in [-0.2, -0.15) is 0 Å². The van der Waals surface area contributed by atoms with Gasteiger partial charge in [-0.05, 0) is 73.0 Å². The summed E-state index contributed by atoms with van der Waals surface area (Å²) in [5.41, 5.74) is 2.53. The minimum Gasteiger partial charge on any atom is -0.300 e. The van der Waals surface area contributed by atoms with Gasteiger partial charge in [-0.3, -0.25) is 4.79 Å².